The molecule has 1 aromatic heterocycles. The fraction of sp³-hybridized carbons (Fsp3) is 0.0667. The van der Waals surface area contributed by atoms with Crippen molar-refractivity contribution in [3.8, 4) is 51.2 Å². The van der Waals surface area contributed by atoms with E-state index in [0.29, 0.717) is 5.82 Å². The van der Waals surface area contributed by atoms with Gasteiger partial charge in [0.2, 0.25) is 0 Å². The average Bonchev–Trinajstić information content (AvgIpc) is 3.38. The summed E-state index contributed by atoms with van der Waals surface area (Å²) in [5, 5.41) is 9.00. The quantitative estimate of drug-likeness (QED) is 0.150. The number of aryl methyl sites for hydroxylation is 2. The van der Waals surface area contributed by atoms with E-state index in [1.165, 1.54) is 36.3 Å². The fourth-order valence-electron chi connectivity index (χ4n) is 11.3. The molecule has 0 saturated heterocycles. The Kier molecular flexibility index (Phi) is 9.74. The third-order valence-corrected chi connectivity index (χ3v) is 24.2. The zero-order valence-electron chi connectivity index (χ0n) is 36.9. The van der Waals surface area contributed by atoms with Gasteiger partial charge >= 0.3 is 0 Å². The SMILES string of the molecule is Cc1cccc(C)c1-c1nc(-c2cccc3c2Oc2ccccc2[Si]3(c2ccccc2)c2ccccc2)cc(-c2cccc3c2OC2=CC=CCC2[Si]3(c2ccccc2)c2ccccc2)n1. The van der Waals surface area contributed by atoms with E-state index in [-0.39, 0.29) is 5.54 Å². The normalized spacial score (nSPS) is 16.0. The van der Waals surface area contributed by atoms with E-state index < -0.39 is 16.1 Å². The lowest BCUT2D eigenvalue weighted by molar-refractivity contribution is 0.397. The van der Waals surface area contributed by atoms with Crippen LogP contribution in [-0.2, 0) is 0 Å². The summed E-state index contributed by atoms with van der Waals surface area (Å²) in [5.74, 6) is 4.25. The molecular formula is C60H46N2O2Si2. The summed E-state index contributed by atoms with van der Waals surface area (Å²) in [6, 6.07) is 75.0. The van der Waals surface area contributed by atoms with Gasteiger partial charge in [0, 0.05) is 22.2 Å². The highest BCUT2D eigenvalue weighted by molar-refractivity contribution is 7.21. The molecule has 316 valence electrons. The highest BCUT2D eigenvalue weighted by atomic mass is 28.3. The van der Waals surface area contributed by atoms with E-state index in [4.69, 9.17) is 19.4 Å². The lowest BCUT2D eigenvalue weighted by atomic mass is 10.0. The maximum absolute atomic E-state index is 7.28. The molecule has 0 radical (unpaired) electrons. The molecule has 66 heavy (non-hydrogen) atoms. The number of aromatic nitrogens is 2. The average molecular weight is 883 g/mol. The summed E-state index contributed by atoms with van der Waals surface area (Å²) in [6.45, 7) is 4.30. The summed E-state index contributed by atoms with van der Waals surface area (Å²) in [4.78, 5) is 11.1. The van der Waals surface area contributed by atoms with Crippen LogP contribution in [0.3, 0.4) is 0 Å². The molecule has 6 heteroatoms. The molecular weight excluding hydrogens is 837 g/mol. The molecule has 9 aromatic rings. The zero-order valence-corrected chi connectivity index (χ0v) is 38.9. The lowest BCUT2D eigenvalue weighted by Crippen LogP contribution is -2.76. The first-order chi connectivity index (χ1) is 32.6. The molecule has 12 rings (SSSR count). The minimum atomic E-state index is -2.93. The smallest absolute Gasteiger partial charge is 0.188 e. The molecule has 0 saturated carbocycles. The Morgan fingerprint density at radius 3 is 1.55 bits per heavy atom. The van der Waals surface area contributed by atoms with E-state index in [0.717, 1.165) is 68.6 Å². The third kappa shape index (κ3) is 6.09. The van der Waals surface area contributed by atoms with Gasteiger partial charge < -0.3 is 9.47 Å². The van der Waals surface area contributed by atoms with Crippen LogP contribution in [-0.4, -0.2) is 26.1 Å². The summed E-state index contributed by atoms with van der Waals surface area (Å²) < 4.78 is 14.5. The van der Waals surface area contributed by atoms with Crippen molar-refractivity contribution in [2.24, 2.45) is 0 Å². The molecule has 1 unspecified atom stereocenters. The zero-order chi connectivity index (χ0) is 44.2. The second kappa shape index (κ2) is 16.1. The first-order valence-corrected chi connectivity index (χ1v) is 26.9. The van der Waals surface area contributed by atoms with E-state index >= 15 is 0 Å². The molecule has 4 nitrogen and oxygen atoms in total. The standard InChI is InChI=1S/C60H46N2O2Si2/c1-41-22-19-23-42(2)57(41)60-61-49(47-32-20-38-55-58(47)63-51-34-15-17-36-53(51)65(55,43-24-7-3-8-25-43)44-26-9-4-10-27-44)40-50(62-60)48-33-21-39-56-59(48)64-52-35-16-18-37-54(52)66(56,45-28-11-5-12-29-45)46-30-13-6-14-31-46/h3-36,38-40,54H,37H2,1-2H3. The van der Waals surface area contributed by atoms with Crippen molar-refractivity contribution >= 4 is 52.5 Å². The number of ether oxygens (including phenoxy) is 2. The summed E-state index contributed by atoms with van der Waals surface area (Å²) in [6.07, 6.45) is 7.55. The Balaban J connectivity index is 1.15. The Morgan fingerprint density at radius 2 is 0.955 bits per heavy atom. The number of hydrogen-bond donors (Lipinski definition) is 0. The second-order valence-electron chi connectivity index (χ2n) is 17.6. The van der Waals surface area contributed by atoms with Crippen LogP contribution in [0.25, 0.3) is 33.9 Å². The highest BCUT2D eigenvalue weighted by Crippen LogP contribution is 2.46. The number of rotatable bonds is 7. The number of hydrogen-bond acceptors (Lipinski definition) is 4. The molecule has 0 amide bonds. The molecule has 0 bridgehead atoms. The van der Waals surface area contributed by atoms with Crippen LogP contribution in [0.2, 0.25) is 5.54 Å². The predicted molar refractivity (Wildman–Crippen MR) is 275 cm³/mol. The largest absolute Gasteiger partial charge is 0.461 e. The first kappa shape index (κ1) is 39.9. The van der Waals surface area contributed by atoms with Crippen molar-refractivity contribution in [2.45, 2.75) is 25.8 Å². The van der Waals surface area contributed by atoms with Crippen LogP contribution in [0, 0.1) is 13.8 Å². The van der Waals surface area contributed by atoms with E-state index in [1.54, 1.807) is 0 Å². The molecule has 3 heterocycles. The molecule has 1 aliphatic carbocycles. The van der Waals surface area contributed by atoms with Gasteiger partial charge in [-0.2, -0.15) is 0 Å². The van der Waals surface area contributed by atoms with Gasteiger partial charge in [-0.15, -0.1) is 0 Å². The van der Waals surface area contributed by atoms with Crippen LogP contribution in [0.4, 0.5) is 0 Å². The molecule has 1 atom stereocenters. The van der Waals surface area contributed by atoms with Gasteiger partial charge in [0.15, 0.2) is 22.0 Å². The molecule has 0 N–H and O–H groups in total. The second-order valence-corrected chi connectivity index (χ2v) is 25.3. The Morgan fingerprint density at radius 1 is 0.470 bits per heavy atom. The van der Waals surface area contributed by atoms with Crippen LogP contribution < -0.4 is 45.8 Å². The molecule has 0 fully saturated rings. The molecule has 0 spiro atoms. The fourth-order valence-corrected chi connectivity index (χ4v) is 21.8. The first-order valence-electron chi connectivity index (χ1n) is 22.8. The van der Waals surface area contributed by atoms with E-state index in [9.17, 15) is 0 Å². The van der Waals surface area contributed by atoms with Gasteiger partial charge in [0.25, 0.3) is 0 Å². The number of benzene rings is 8. The minimum Gasteiger partial charge on any atom is -0.461 e. The molecule has 2 aliphatic heterocycles. The predicted octanol–water partition coefficient (Wildman–Crippen LogP) is 9.65. The van der Waals surface area contributed by atoms with Gasteiger partial charge in [-0.05, 0) is 98.0 Å². The van der Waals surface area contributed by atoms with Gasteiger partial charge in [-0.25, -0.2) is 9.97 Å². The molecule has 3 aliphatic rings. The number of allylic oxidation sites excluding steroid dienone is 4. The van der Waals surface area contributed by atoms with Crippen molar-refractivity contribution in [3.63, 3.8) is 0 Å². The topological polar surface area (TPSA) is 44.2 Å². The summed E-state index contributed by atoms with van der Waals surface area (Å²) in [5.41, 5.74) is 6.88. The van der Waals surface area contributed by atoms with Crippen molar-refractivity contribution < 1.29 is 9.47 Å². The minimum absolute atomic E-state index is 0.177. The van der Waals surface area contributed by atoms with Crippen molar-refractivity contribution in [1.82, 2.24) is 9.97 Å². The number of para-hydroxylation sites is 3. The number of fused-ring (bicyclic) bond motifs is 4. The van der Waals surface area contributed by atoms with Crippen LogP contribution in [0.15, 0.2) is 230 Å². The maximum Gasteiger partial charge on any atom is 0.188 e. The Bertz CT molecular complexity index is 3270. The Labute approximate surface area is 388 Å². The number of nitrogens with zero attached hydrogens (tertiary/aromatic N) is 2. The van der Waals surface area contributed by atoms with Crippen molar-refractivity contribution in [3.05, 3.63) is 241 Å². The summed E-state index contributed by atoms with van der Waals surface area (Å²) >= 11 is 0. The molecule has 8 aromatic carbocycles. The van der Waals surface area contributed by atoms with Crippen molar-refractivity contribution in [1.29, 1.82) is 0 Å². The van der Waals surface area contributed by atoms with E-state index in [1.807, 2.05) is 0 Å². The Hall–Kier alpha value is -7.65. The van der Waals surface area contributed by atoms with Gasteiger partial charge in [0.1, 0.15) is 23.0 Å². The van der Waals surface area contributed by atoms with Gasteiger partial charge in [-0.3, -0.25) is 0 Å². The van der Waals surface area contributed by atoms with Gasteiger partial charge in [0.05, 0.1) is 11.4 Å². The highest BCUT2D eigenvalue weighted by Gasteiger charge is 2.54. The summed E-state index contributed by atoms with van der Waals surface area (Å²) in [7, 11) is -5.72. The van der Waals surface area contributed by atoms with Crippen LogP contribution >= 0.6 is 0 Å². The third-order valence-electron chi connectivity index (χ3n) is 14.1. The van der Waals surface area contributed by atoms with Gasteiger partial charge in [-0.1, -0.05) is 194 Å². The lowest BCUT2D eigenvalue weighted by Gasteiger charge is -2.46. The maximum atomic E-state index is 7.28. The monoisotopic (exact) mass is 882 g/mol. The van der Waals surface area contributed by atoms with Crippen molar-refractivity contribution in [2.75, 3.05) is 0 Å². The van der Waals surface area contributed by atoms with Crippen LogP contribution in [0.1, 0.15) is 17.5 Å². The van der Waals surface area contributed by atoms with E-state index in [2.05, 4.69) is 238 Å². The van der Waals surface area contributed by atoms with Crippen LogP contribution in [0.5, 0.6) is 17.2 Å².